The third-order valence-electron chi connectivity index (χ3n) is 6.79. The molecule has 1 N–H and O–H groups in total. The molecule has 0 aromatic carbocycles. The summed E-state index contributed by atoms with van der Waals surface area (Å²) in [6.45, 7) is 18.1. The first-order valence-corrected chi connectivity index (χ1v) is 7.92. The average molecular weight is 264 g/mol. The zero-order valence-electron chi connectivity index (χ0n) is 13.7. The van der Waals surface area contributed by atoms with Crippen molar-refractivity contribution in [3.8, 4) is 0 Å². The summed E-state index contributed by atoms with van der Waals surface area (Å²) in [6, 6.07) is 0. The number of hydrogen-bond acceptors (Lipinski definition) is 1. The summed E-state index contributed by atoms with van der Waals surface area (Å²) in [6.07, 6.45) is 3.30. The number of hydrogen-bond donors (Lipinski definition) is 1. The summed E-state index contributed by atoms with van der Waals surface area (Å²) >= 11 is 0. The van der Waals surface area contributed by atoms with Gasteiger partial charge in [-0.05, 0) is 60.7 Å². The quantitative estimate of drug-likeness (QED) is 0.719. The Kier molecular flexibility index (Phi) is 3.67. The van der Waals surface area contributed by atoms with Gasteiger partial charge < -0.3 is 5.11 Å². The lowest BCUT2D eigenvalue weighted by Gasteiger charge is -2.44. The molecule has 2 rings (SSSR count). The maximum absolute atomic E-state index is 10.9. The van der Waals surface area contributed by atoms with Crippen LogP contribution in [0.5, 0.6) is 0 Å². The van der Waals surface area contributed by atoms with Gasteiger partial charge >= 0.3 is 0 Å². The van der Waals surface area contributed by atoms with E-state index in [1.54, 1.807) is 0 Å². The highest BCUT2D eigenvalue weighted by Crippen LogP contribution is 2.65. The van der Waals surface area contributed by atoms with Gasteiger partial charge in [0.25, 0.3) is 0 Å². The fourth-order valence-corrected chi connectivity index (χ4v) is 5.31. The Morgan fingerprint density at radius 1 is 1.16 bits per heavy atom. The molecule has 19 heavy (non-hydrogen) atoms. The van der Waals surface area contributed by atoms with Gasteiger partial charge in [-0.2, -0.15) is 0 Å². The Bertz CT molecular complexity index is 366. The van der Waals surface area contributed by atoms with Crippen LogP contribution in [0.4, 0.5) is 0 Å². The highest BCUT2D eigenvalue weighted by molar-refractivity contribution is 5.10. The minimum absolute atomic E-state index is 0.144. The van der Waals surface area contributed by atoms with E-state index < -0.39 is 0 Å². The van der Waals surface area contributed by atoms with Crippen molar-refractivity contribution in [2.75, 3.05) is 0 Å². The number of rotatable bonds is 2. The molecule has 2 aliphatic rings. The maximum atomic E-state index is 10.9. The number of allylic oxidation sites excluding steroid dienone is 1. The van der Waals surface area contributed by atoms with Gasteiger partial charge in [0.05, 0.1) is 6.10 Å². The summed E-state index contributed by atoms with van der Waals surface area (Å²) in [4.78, 5) is 0. The highest BCUT2D eigenvalue weighted by Gasteiger charge is 2.61. The summed E-state index contributed by atoms with van der Waals surface area (Å²) in [7, 11) is 0. The van der Waals surface area contributed by atoms with Crippen molar-refractivity contribution in [2.45, 2.75) is 66.9 Å². The first-order chi connectivity index (χ1) is 8.60. The van der Waals surface area contributed by atoms with Crippen LogP contribution in [0.1, 0.15) is 60.8 Å². The van der Waals surface area contributed by atoms with Crippen LogP contribution in [0.25, 0.3) is 0 Å². The predicted octanol–water partition coefficient (Wildman–Crippen LogP) is 4.66. The van der Waals surface area contributed by atoms with E-state index in [1.807, 2.05) is 0 Å². The molecular formula is C18H32O. The van der Waals surface area contributed by atoms with Gasteiger partial charge in [0.15, 0.2) is 0 Å². The van der Waals surface area contributed by atoms with Crippen molar-refractivity contribution >= 4 is 0 Å². The summed E-state index contributed by atoms with van der Waals surface area (Å²) in [5, 5.41) is 10.9. The van der Waals surface area contributed by atoms with Crippen LogP contribution in [-0.2, 0) is 0 Å². The summed E-state index contributed by atoms with van der Waals surface area (Å²) in [5.74, 6) is 2.22. The summed E-state index contributed by atoms with van der Waals surface area (Å²) < 4.78 is 0. The van der Waals surface area contributed by atoms with Gasteiger partial charge in [-0.25, -0.2) is 0 Å². The molecule has 2 fully saturated rings. The molecule has 0 spiro atoms. The smallest absolute Gasteiger partial charge is 0.0607 e. The summed E-state index contributed by atoms with van der Waals surface area (Å²) in [5.41, 5.74) is 1.80. The van der Waals surface area contributed by atoms with E-state index in [0.29, 0.717) is 29.1 Å². The molecule has 0 bridgehead atoms. The second kappa shape index (κ2) is 4.62. The third kappa shape index (κ3) is 2.18. The first kappa shape index (κ1) is 15.1. The zero-order valence-corrected chi connectivity index (χ0v) is 13.7. The van der Waals surface area contributed by atoms with Crippen LogP contribution < -0.4 is 0 Å². The molecule has 0 aromatic heterocycles. The standard InChI is InChI=1S/C18H32O/c1-11(2)10-13-8-9-14-15(16(13)19)18(6,7)12(3)17(14,4)5/h12-16,19H,1,8-10H2,2-7H3. The minimum Gasteiger partial charge on any atom is -0.393 e. The van der Waals surface area contributed by atoms with Crippen molar-refractivity contribution in [1.82, 2.24) is 0 Å². The van der Waals surface area contributed by atoms with Crippen molar-refractivity contribution in [3.05, 3.63) is 12.2 Å². The lowest BCUT2D eigenvalue weighted by Crippen LogP contribution is -2.44. The van der Waals surface area contributed by atoms with E-state index in [-0.39, 0.29) is 11.5 Å². The van der Waals surface area contributed by atoms with Crippen LogP contribution in [0.15, 0.2) is 12.2 Å². The van der Waals surface area contributed by atoms with Gasteiger partial charge in [0.1, 0.15) is 0 Å². The molecule has 2 aliphatic carbocycles. The Balaban J connectivity index is 2.29. The molecule has 1 heteroatoms. The second-order valence-electron chi connectivity index (χ2n) is 8.49. The normalized spacial score (nSPS) is 43.8. The molecular weight excluding hydrogens is 232 g/mol. The molecule has 0 radical (unpaired) electrons. The molecule has 5 unspecified atom stereocenters. The van der Waals surface area contributed by atoms with Crippen molar-refractivity contribution in [2.24, 2.45) is 34.5 Å². The molecule has 0 aromatic rings. The monoisotopic (exact) mass is 264 g/mol. The van der Waals surface area contributed by atoms with E-state index in [0.717, 1.165) is 6.42 Å². The Labute approximate surface area is 119 Å². The molecule has 1 nitrogen and oxygen atoms in total. The number of aliphatic hydroxyl groups is 1. The van der Waals surface area contributed by atoms with Crippen LogP contribution in [0.3, 0.4) is 0 Å². The molecule has 110 valence electrons. The Hall–Kier alpha value is -0.300. The minimum atomic E-state index is -0.144. The topological polar surface area (TPSA) is 20.2 Å². The van der Waals surface area contributed by atoms with E-state index in [2.05, 4.69) is 48.1 Å². The van der Waals surface area contributed by atoms with Gasteiger partial charge in [-0.3, -0.25) is 0 Å². The average Bonchev–Trinajstić information content (AvgIpc) is 2.41. The largest absolute Gasteiger partial charge is 0.393 e. The van der Waals surface area contributed by atoms with Crippen molar-refractivity contribution in [1.29, 1.82) is 0 Å². The third-order valence-corrected chi connectivity index (χ3v) is 6.79. The van der Waals surface area contributed by atoms with E-state index in [4.69, 9.17) is 0 Å². The SMILES string of the molecule is C=C(C)CC1CCC2C(C1O)C(C)(C)C(C)C2(C)C. The fraction of sp³-hybridized carbons (Fsp3) is 0.889. The molecule has 0 amide bonds. The van der Waals surface area contributed by atoms with Crippen LogP contribution >= 0.6 is 0 Å². The van der Waals surface area contributed by atoms with Gasteiger partial charge in [-0.15, -0.1) is 6.58 Å². The molecule has 0 saturated heterocycles. The van der Waals surface area contributed by atoms with E-state index in [9.17, 15) is 5.11 Å². The van der Waals surface area contributed by atoms with Crippen LogP contribution in [0.2, 0.25) is 0 Å². The van der Waals surface area contributed by atoms with Crippen LogP contribution in [-0.4, -0.2) is 11.2 Å². The van der Waals surface area contributed by atoms with E-state index in [1.165, 1.54) is 18.4 Å². The molecule has 0 heterocycles. The molecule has 5 atom stereocenters. The Morgan fingerprint density at radius 3 is 2.26 bits per heavy atom. The molecule has 2 saturated carbocycles. The fourth-order valence-electron chi connectivity index (χ4n) is 5.31. The lowest BCUT2D eigenvalue weighted by molar-refractivity contribution is -0.0514. The van der Waals surface area contributed by atoms with E-state index >= 15 is 0 Å². The first-order valence-electron chi connectivity index (χ1n) is 7.92. The predicted molar refractivity (Wildman–Crippen MR) is 81.9 cm³/mol. The van der Waals surface area contributed by atoms with Crippen molar-refractivity contribution < 1.29 is 5.11 Å². The maximum Gasteiger partial charge on any atom is 0.0607 e. The Morgan fingerprint density at radius 2 is 1.74 bits per heavy atom. The lowest BCUT2D eigenvalue weighted by atomic mass is 9.63. The molecule has 0 aliphatic heterocycles. The number of aliphatic hydroxyl groups excluding tert-OH is 1. The number of fused-ring (bicyclic) bond motifs is 1. The zero-order chi connectivity index (χ0) is 14.6. The van der Waals surface area contributed by atoms with Gasteiger partial charge in [0.2, 0.25) is 0 Å². The van der Waals surface area contributed by atoms with Crippen molar-refractivity contribution in [3.63, 3.8) is 0 Å². The highest BCUT2D eigenvalue weighted by atomic mass is 16.3. The van der Waals surface area contributed by atoms with Gasteiger partial charge in [-0.1, -0.05) is 40.2 Å². The van der Waals surface area contributed by atoms with Gasteiger partial charge in [0, 0.05) is 0 Å². The van der Waals surface area contributed by atoms with Crippen LogP contribution in [0, 0.1) is 34.5 Å². The second-order valence-corrected chi connectivity index (χ2v) is 8.49.